The van der Waals surface area contributed by atoms with Gasteiger partial charge in [0.05, 0.1) is 11.4 Å². The van der Waals surface area contributed by atoms with Crippen LogP contribution in [0, 0.1) is 0 Å². The van der Waals surface area contributed by atoms with Gasteiger partial charge >= 0.3 is 6.03 Å². The standard InChI is InChI=1S/C23H34N4O4S/c28-22(25-19-8-4-2-1-3-5-9-19)17-24-32(30,31)20-10-11-21-18(16-20)12-15-27(21)23(29)26-13-6-7-14-26/h10-11,16,19,24H,1-9,12-15,17H2,(H,25,28). The molecule has 2 fully saturated rings. The van der Waals surface area contributed by atoms with E-state index in [0.29, 0.717) is 13.0 Å². The van der Waals surface area contributed by atoms with E-state index in [1.807, 2.05) is 4.90 Å². The van der Waals surface area contributed by atoms with E-state index in [1.165, 1.54) is 25.3 Å². The Kier molecular flexibility index (Phi) is 7.35. The third-order valence-electron chi connectivity index (χ3n) is 6.76. The second kappa shape index (κ2) is 10.2. The van der Waals surface area contributed by atoms with Gasteiger partial charge in [-0.15, -0.1) is 0 Å². The number of anilines is 1. The van der Waals surface area contributed by atoms with Crippen molar-refractivity contribution < 1.29 is 18.0 Å². The fourth-order valence-electron chi connectivity index (χ4n) is 4.95. The van der Waals surface area contributed by atoms with Crippen molar-refractivity contribution in [2.75, 3.05) is 31.1 Å². The number of carbonyl (C=O) groups is 2. The maximum atomic E-state index is 12.8. The molecule has 1 aromatic carbocycles. The number of hydrogen-bond acceptors (Lipinski definition) is 4. The van der Waals surface area contributed by atoms with Crippen molar-refractivity contribution in [3.63, 3.8) is 0 Å². The smallest absolute Gasteiger partial charge is 0.324 e. The van der Waals surface area contributed by atoms with Crippen LogP contribution < -0.4 is 14.9 Å². The lowest BCUT2D eigenvalue weighted by Crippen LogP contribution is -2.42. The van der Waals surface area contributed by atoms with Gasteiger partial charge in [0.2, 0.25) is 15.9 Å². The maximum absolute atomic E-state index is 12.8. The van der Waals surface area contributed by atoms with Crippen molar-refractivity contribution in [3.05, 3.63) is 23.8 Å². The average molecular weight is 463 g/mol. The van der Waals surface area contributed by atoms with Crippen LogP contribution in [0.1, 0.15) is 63.4 Å². The number of nitrogens with one attached hydrogen (secondary N) is 2. The number of sulfonamides is 1. The van der Waals surface area contributed by atoms with E-state index in [2.05, 4.69) is 10.0 Å². The minimum absolute atomic E-state index is 0.000805. The largest absolute Gasteiger partial charge is 0.352 e. The van der Waals surface area contributed by atoms with Crippen molar-refractivity contribution in [1.82, 2.24) is 14.9 Å². The monoisotopic (exact) mass is 462 g/mol. The van der Waals surface area contributed by atoms with Crippen molar-refractivity contribution in [1.29, 1.82) is 0 Å². The van der Waals surface area contributed by atoms with Crippen LogP contribution in [0.5, 0.6) is 0 Å². The van der Waals surface area contributed by atoms with E-state index in [4.69, 9.17) is 0 Å². The molecule has 1 aliphatic carbocycles. The molecule has 0 radical (unpaired) electrons. The van der Waals surface area contributed by atoms with Crippen LogP contribution in [0.2, 0.25) is 0 Å². The van der Waals surface area contributed by atoms with Gasteiger partial charge in [-0.3, -0.25) is 9.69 Å². The summed E-state index contributed by atoms with van der Waals surface area (Å²) in [4.78, 5) is 28.8. The second-order valence-corrected chi connectivity index (χ2v) is 10.9. The van der Waals surface area contributed by atoms with Gasteiger partial charge in [0, 0.05) is 31.4 Å². The van der Waals surface area contributed by atoms with Gasteiger partial charge in [-0.05, 0) is 55.9 Å². The molecule has 0 atom stereocenters. The topological polar surface area (TPSA) is 98.8 Å². The van der Waals surface area contributed by atoms with E-state index < -0.39 is 10.0 Å². The Morgan fingerprint density at radius 2 is 1.62 bits per heavy atom. The van der Waals surface area contributed by atoms with Gasteiger partial charge in [-0.1, -0.05) is 32.1 Å². The summed E-state index contributed by atoms with van der Waals surface area (Å²) in [7, 11) is -3.81. The van der Waals surface area contributed by atoms with Crippen LogP contribution in [0.15, 0.2) is 23.1 Å². The van der Waals surface area contributed by atoms with Crippen LogP contribution in [-0.2, 0) is 21.2 Å². The Morgan fingerprint density at radius 3 is 2.34 bits per heavy atom. The molecule has 1 saturated heterocycles. The molecule has 0 unspecified atom stereocenters. The van der Waals surface area contributed by atoms with Gasteiger partial charge in [0.25, 0.3) is 0 Å². The van der Waals surface area contributed by atoms with Crippen molar-refractivity contribution in [2.45, 2.75) is 75.1 Å². The number of hydrogen-bond donors (Lipinski definition) is 2. The summed E-state index contributed by atoms with van der Waals surface area (Å²) in [6.45, 7) is 1.86. The number of amides is 3. The highest BCUT2D eigenvalue weighted by Crippen LogP contribution is 2.31. The molecule has 0 spiro atoms. The highest BCUT2D eigenvalue weighted by atomic mass is 32.2. The quantitative estimate of drug-likeness (QED) is 0.703. The molecule has 2 aliphatic heterocycles. The number of nitrogens with zero attached hydrogens (tertiary/aromatic N) is 2. The van der Waals surface area contributed by atoms with E-state index in [1.54, 1.807) is 17.0 Å². The number of benzene rings is 1. The van der Waals surface area contributed by atoms with E-state index >= 15 is 0 Å². The first-order valence-corrected chi connectivity index (χ1v) is 13.4. The van der Waals surface area contributed by atoms with Gasteiger partial charge in [0.15, 0.2) is 0 Å². The Morgan fingerprint density at radius 1 is 0.938 bits per heavy atom. The summed E-state index contributed by atoms with van der Waals surface area (Å²) in [5.74, 6) is -0.289. The van der Waals surface area contributed by atoms with E-state index in [0.717, 1.165) is 62.9 Å². The third-order valence-corrected chi connectivity index (χ3v) is 8.16. The number of fused-ring (bicyclic) bond motifs is 1. The summed E-state index contributed by atoms with van der Waals surface area (Å²) < 4.78 is 28.0. The maximum Gasteiger partial charge on any atom is 0.324 e. The molecule has 8 nitrogen and oxygen atoms in total. The summed E-state index contributed by atoms with van der Waals surface area (Å²) >= 11 is 0. The molecule has 2 N–H and O–H groups in total. The average Bonchev–Trinajstić information content (AvgIpc) is 3.43. The first kappa shape index (κ1) is 23.0. The summed E-state index contributed by atoms with van der Waals surface area (Å²) in [6, 6.07) is 4.98. The summed E-state index contributed by atoms with van der Waals surface area (Å²) in [6.07, 6.45) is 10.4. The molecule has 3 amide bonds. The molecule has 0 aromatic heterocycles. The fourth-order valence-corrected chi connectivity index (χ4v) is 5.98. The van der Waals surface area contributed by atoms with Crippen molar-refractivity contribution in [3.8, 4) is 0 Å². The number of carbonyl (C=O) groups excluding carboxylic acids is 2. The molecule has 2 heterocycles. The van der Waals surface area contributed by atoms with Gasteiger partial charge < -0.3 is 10.2 Å². The lowest BCUT2D eigenvalue weighted by Gasteiger charge is -2.24. The molecule has 3 aliphatic rings. The Balaban J connectivity index is 1.35. The molecule has 1 saturated carbocycles. The number of likely N-dealkylation sites (tertiary alicyclic amines) is 1. The predicted molar refractivity (Wildman–Crippen MR) is 123 cm³/mol. The van der Waals surface area contributed by atoms with Crippen molar-refractivity contribution in [2.24, 2.45) is 0 Å². The lowest BCUT2D eigenvalue weighted by atomic mass is 9.97. The Labute approximate surface area is 190 Å². The Bertz CT molecular complexity index is 935. The van der Waals surface area contributed by atoms with Crippen LogP contribution in [0.3, 0.4) is 0 Å². The van der Waals surface area contributed by atoms with Crippen LogP contribution >= 0.6 is 0 Å². The first-order chi connectivity index (χ1) is 15.4. The highest BCUT2D eigenvalue weighted by molar-refractivity contribution is 7.89. The summed E-state index contributed by atoms with van der Waals surface area (Å²) in [5.41, 5.74) is 1.63. The molecule has 4 rings (SSSR count). The predicted octanol–water partition coefficient (Wildman–Crippen LogP) is 2.77. The minimum Gasteiger partial charge on any atom is -0.352 e. The zero-order valence-electron chi connectivity index (χ0n) is 18.6. The number of rotatable bonds is 5. The molecule has 9 heteroatoms. The molecule has 0 bridgehead atoms. The van der Waals surface area contributed by atoms with Gasteiger partial charge in [-0.2, -0.15) is 0 Å². The van der Waals surface area contributed by atoms with E-state index in [9.17, 15) is 18.0 Å². The number of urea groups is 1. The SMILES string of the molecule is O=C(CNS(=O)(=O)c1ccc2c(c1)CCN2C(=O)N1CCCC1)NC1CCCCCCC1. The molecular weight excluding hydrogens is 428 g/mol. The third kappa shape index (κ3) is 5.43. The minimum atomic E-state index is -3.81. The van der Waals surface area contributed by atoms with Crippen LogP contribution in [0.4, 0.5) is 10.5 Å². The van der Waals surface area contributed by atoms with Gasteiger partial charge in [-0.25, -0.2) is 17.9 Å². The van der Waals surface area contributed by atoms with Crippen LogP contribution in [0.25, 0.3) is 0 Å². The second-order valence-electron chi connectivity index (χ2n) is 9.10. The van der Waals surface area contributed by atoms with Crippen LogP contribution in [-0.4, -0.2) is 57.5 Å². The van der Waals surface area contributed by atoms with Crippen molar-refractivity contribution >= 4 is 27.6 Å². The first-order valence-electron chi connectivity index (χ1n) is 11.9. The fraction of sp³-hybridized carbons (Fsp3) is 0.652. The zero-order valence-corrected chi connectivity index (χ0v) is 19.5. The normalized spacial score (nSPS) is 20.0. The molecule has 32 heavy (non-hydrogen) atoms. The molecular formula is C23H34N4O4S. The molecule has 176 valence electrons. The zero-order chi connectivity index (χ0) is 22.6. The lowest BCUT2D eigenvalue weighted by molar-refractivity contribution is -0.120. The van der Waals surface area contributed by atoms with E-state index in [-0.39, 0.29) is 29.4 Å². The molecule has 1 aromatic rings. The van der Waals surface area contributed by atoms with Gasteiger partial charge in [0.1, 0.15) is 0 Å². The highest BCUT2D eigenvalue weighted by Gasteiger charge is 2.31. The summed E-state index contributed by atoms with van der Waals surface area (Å²) in [5, 5.41) is 2.98. The Hall–Kier alpha value is -2.13.